The van der Waals surface area contributed by atoms with Gasteiger partial charge in [0, 0.05) is 6.54 Å². The monoisotopic (exact) mass is 239 g/mol. The number of benzene rings is 1. The molecule has 0 fully saturated rings. The summed E-state index contributed by atoms with van der Waals surface area (Å²) in [6.45, 7) is 5.40. The van der Waals surface area contributed by atoms with Crippen molar-refractivity contribution in [3.05, 3.63) is 29.8 Å². The second-order valence-electron chi connectivity index (χ2n) is 3.62. The Morgan fingerprint density at radius 2 is 2.19 bits per heavy atom. The average Bonchev–Trinajstić information content (AvgIpc) is 2.18. The van der Waals surface area contributed by atoms with Gasteiger partial charge in [0.25, 0.3) is 0 Å². The average molecular weight is 240 g/mol. The first-order valence-electron chi connectivity index (χ1n) is 5.12. The van der Waals surface area contributed by atoms with Crippen LogP contribution in [0.5, 0.6) is 5.75 Å². The maximum atomic E-state index is 5.59. The Bertz CT molecular complexity index is 344. The predicted octanol–water partition coefficient (Wildman–Crippen LogP) is 2.62. The van der Waals surface area contributed by atoms with Crippen molar-refractivity contribution < 1.29 is 4.74 Å². The molecule has 0 radical (unpaired) electrons. The predicted molar refractivity (Wildman–Crippen MR) is 70.0 cm³/mol. The van der Waals surface area contributed by atoms with E-state index in [1.165, 1.54) is 5.56 Å². The van der Waals surface area contributed by atoms with E-state index < -0.39 is 0 Å². The maximum absolute atomic E-state index is 5.59. The number of nitrogens with one attached hydrogen (secondary N) is 1. The molecule has 0 aromatic heterocycles. The van der Waals surface area contributed by atoms with Gasteiger partial charge in [-0.05, 0) is 31.5 Å². The molecule has 88 valence electrons. The second kappa shape index (κ2) is 8.04. The number of ether oxygens (including phenoxy) is 1. The molecule has 0 aliphatic carbocycles. The summed E-state index contributed by atoms with van der Waals surface area (Å²) < 4.78 is 5.59. The van der Waals surface area contributed by atoms with Crippen LogP contribution in [-0.4, -0.2) is 12.6 Å². The molecule has 1 aromatic carbocycles. The molecular formula is C13H18ClNO. The van der Waals surface area contributed by atoms with Crippen molar-refractivity contribution in [1.82, 2.24) is 5.32 Å². The molecule has 1 aromatic rings. The van der Waals surface area contributed by atoms with Crippen LogP contribution in [0.1, 0.15) is 19.4 Å². The quantitative estimate of drug-likeness (QED) is 0.630. The van der Waals surface area contributed by atoms with E-state index in [1.54, 1.807) is 0 Å². The first-order valence-corrected chi connectivity index (χ1v) is 5.12. The van der Waals surface area contributed by atoms with Crippen molar-refractivity contribution >= 4 is 12.4 Å². The molecule has 0 spiro atoms. The highest BCUT2D eigenvalue weighted by atomic mass is 35.5. The van der Waals surface area contributed by atoms with Gasteiger partial charge in [-0.1, -0.05) is 18.1 Å². The van der Waals surface area contributed by atoms with E-state index in [0.29, 0.717) is 6.54 Å². The lowest BCUT2D eigenvalue weighted by atomic mass is 10.2. The minimum Gasteiger partial charge on any atom is -0.491 e. The van der Waals surface area contributed by atoms with Gasteiger partial charge in [-0.2, -0.15) is 0 Å². The zero-order valence-corrected chi connectivity index (χ0v) is 10.5. The number of terminal acetylenes is 1. The highest BCUT2D eigenvalue weighted by Gasteiger charge is 1.98. The molecule has 0 saturated carbocycles. The van der Waals surface area contributed by atoms with Crippen molar-refractivity contribution in [2.24, 2.45) is 0 Å². The fourth-order valence-electron chi connectivity index (χ4n) is 1.28. The lowest BCUT2D eigenvalue weighted by molar-refractivity contribution is 0.242. The summed E-state index contributed by atoms with van der Waals surface area (Å²) >= 11 is 0. The molecule has 0 unspecified atom stereocenters. The van der Waals surface area contributed by atoms with E-state index in [0.717, 1.165) is 12.3 Å². The summed E-state index contributed by atoms with van der Waals surface area (Å²) in [4.78, 5) is 0. The Balaban J connectivity index is 0.00000225. The van der Waals surface area contributed by atoms with Crippen LogP contribution in [0.15, 0.2) is 24.3 Å². The van der Waals surface area contributed by atoms with Gasteiger partial charge in [-0.15, -0.1) is 18.8 Å². The zero-order valence-electron chi connectivity index (χ0n) is 9.69. The van der Waals surface area contributed by atoms with Crippen LogP contribution >= 0.6 is 12.4 Å². The lowest BCUT2D eigenvalue weighted by Crippen LogP contribution is -2.13. The molecule has 0 aliphatic rings. The van der Waals surface area contributed by atoms with Crippen molar-refractivity contribution in [3.8, 4) is 18.1 Å². The highest BCUT2D eigenvalue weighted by molar-refractivity contribution is 5.85. The van der Waals surface area contributed by atoms with E-state index >= 15 is 0 Å². The smallest absolute Gasteiger partial charge is 0.120 e. The fraction of sp³-hybridized carbons (Fsp3) is 0.385. The first kappa shape index (κ1) is 14.8. The molecule has 0 aliphatic heterocycles. The van der Waals surface area contributed by atoms with Crippen LogP contribution < -0.4 is 10.1 Å². The number of hydrogen-bond acceptors (Lipinski definition) is 2. The molecule has 0 amide bonds. The summed E-state index contributed by atoms with van der Waals surface area (Å²) in [5.41, 5.74) is 1.18. The van der Waals surface area contributed by atoms with Crippen LogP contribution in [0, 0.1) is 12.3 Å². The molecule has 16 heavy (non-hydrogen) atoms. The summed E-state index contributed by atoms with van der Waals surface area (Å²) in [6, 6.07) is 8.04. The van der Waals surface area contributed by atoms with Crippen molar-refractivity contribution in [2.75, 3.05) is 6.54 Å². The number of hydrogen-bond donors (Lipinski definition) is 1. The van der Waals surface area contributed by atoms with Crippen LogP contribution in [-0.2, 0) is 6.54 Å². The Kier molecular flexibility index (Phi) is 7.45. The summed E-state index contributed by atoms with van der Waals surface area (Å²) in [7, 11) is 0. The third-order valence-corrected chi connectivity index (χ3v) is 1.83. The van der Waals surface area contributed by atoms with Crippen LogP contribution in [0.25, 0.3) is 0 Å². The van der Waals surface area contributed by atoms with Gasteiger partial charge < -0.3 is 10.1 Å². The molecule has 1 rings (SSSR count). The third kappa shape index (κ3) is 5.65. The van der Waals surface area contributed by atoms with E-state index in [1.807, 2.05) is 32.0 Å². The first-order chi connectivity index (χ1) is 7.22. The molecule has 0 saturated heterocycles. The Morgan fingerprint density at radius 1 is 1.44 bits per heavy atom. The van der Waals surface area contributed by atoms with Gasteiger partial charge in [0.05, 0.1) is 12.6 Å². The van der Waals surface area contributed by atoms with E-state index in [-0.39, 0.29) is 18.5 Å². The van der Waals surface area contributed by atoms with E-state index in [9.17, 15) is 0 Å². The Labute approximate surface area is 104 Å². The molecule has 0 atom stereocenters. The SMILES string of the molecule is C#CCNCc1cccc(OC(C)C)c1.Cl. The third-order valence-electron chi connectivity index (χ3n) is 1.83. The molecule has 1 N–H and O–H groups in total. The molecule has 0 bridgehead atoms. The van der Waals surface area contributed by atoms with Gasteiger partial charge in [0.15, 0.2) is 0 Å². The fourth-order valence-corrected chi connectivity index (χ4v) is 1.28. The zero-order chi connectivity index (χ0) is 11.1. The van der Waals surface area contributed by atoms with Crippen LogP contribution in [0.4, 0.5) is 0 Å². The van der Waals surface area contributed by atoms with Gasteiger partial charge in [-0.3, -0.25) is 0 Å². The summed E-state index contributed by atoms with van der Waals surface area (Å²) in [5, 5.41) is 3.14. The molecule has 2 nitrogen and oxygen atoms in total. The van der Waals surface area contributed by atoms with Gasteiger partial charge >= 0.3 is 0 Å². The molecule has 0 heterocycles. The summed E-state index contributed by atoms with van der Waals surface area (Å²) in [5.74, 6) is 3.45. The van der Waals surface area contributed by atoms with Crippen molar-refractivity contribution in [1.29, 1.82) is 0 Å². The number of halogens is 1. The molecular weight excluding hydrogens is 222 g/mol. The minimum atomic E-state index is 0. The normalized spacial score (nSPS) is 9.38. The van der Waals surface area contributed by atoms with Crippen LogP contribution in [0.2, 0.25) is 0 Å². The second-order valence-corrected chi connectivity index (χ2v) is 3.62. The summed E-state index contributed by atoms with van der Waals surface area (Å²) in [6.07, 6.45) is 5.36. The Morgan fingerprint density at radius 3 is 2.81 bits per heavy atom. The van der Waals surface area contributed by atoms with Gasteiger partial charge in [-0.25, -0.2) is 0 Å². The van der Waals surface area contributed by atoms with E-state index in [2.05, 4.69) is 17.3 Å². The number of rotatable bonds is 5. The largest absolute Gasteiger partial charge is 0.491 e. The minimum absolute atomic E-state index is 0. The van der Waals surface area contributed by atoms with Gasteiger partial charge in [0.1, 0.15) is 5.75 Å². The van der Waals surface area contributed by atoms with Crippen molar-refractivity contribution in [3.63, 3.8) is 0 Å². The topological polar surface area (TPSA) is 21.3 Å². The Hall–Kier alpha value is -1.17. The van der Waals surface area contributed by atoms with Gasteiger partial charge in [0.2, 0.25) is 0 Å². The molecule has 3 heteroatoms. The van der Waals surface area contributed by atoms with Crippen molar-refractivity contribution in [2.45, 2.75) is 26.5 Å². The maximum Gasteiger partial charge on any atom is 0.120 e. The van der Waals surface area contributed by atoms with Crippen LogP contribution in [0.3, 0.4) is 0 Å². The highest BCUT2D eigenvalue weighted by Crippen LogP contribution is 2.14. The van der Waals surface area contributed by atoms with E-state index in [4.69, 9.17) is 11.2 Å². The lowest BCUT2D eigenvalue weighted by Gasteiger charge is -2.10. The standard InChI is InChI=1S/C13H17NO.ClH/c1-4-8-14-10-12-6-5-7-13(9-12)15-11(2)3;/h1,5-7,9,11,14H,8,10H2,2-3H3;1H.